The molecule has 2 heteroatoms. The Morgan fingerprint density at radius 1 is 1.24 bits per heavy atom. The van der Waals surface area contributed by atoms with Gasteiger partial charge in [-0.2, -0.15) is 0 Å². The minimum absolute atomic E-state index is 0.0227. The second kappa shape index (κ2) is 5.88. The second-order valence-corrected chi connectivity index (χ2v) is 6.60. The van der Waals surface area contributed by atoms with Crippen LogP contribution in [0.2, 0.25) is 0 Å². The lowest BCUT2D eigenvalue weighted by molar-refractivity contribution is -0.163. The van der Waals surface area contributed by atoms with Crippen LogP contribution in [0.15, 0.2) is 0 Å². The number of rotatable bonds is 4. The molecule has 0 amide bonds. The van der Waals surface area contributed by atoms with Crippen LogP contribution in [0.3, 0.4) is 0 Å². The third-order valence-electron chi connectivity index (χ3n) is 3.97. The van der Waals surface area contributed by atoms with Gasteiger partial charge in [-0.1, -0.05) is 27.7 Å². The van der Waals surface area contributed by atoms with Crippen molar-refractivity contribution in [3.8, 4) is 0 Å². The summed E-state index contributed by atoms with van der Waals surface area (Å²) in [7, 11) is 0. The summed E-state index contributed by atoms with van der Waals surface area (Å²) in [4.78, 5) is 11.7. The maximum atomic E-state index is 11.7. The Labute approximate surface area is 106 Å². The van der Waals surface area contributed by atoms with E-state index in [1.165, 1.54) is 12.8 Å². The van der Waals surface area contributed by atoms with Gasteiger partial charge in [-0.15, -0.1) is 0 Å². The van der Waals surface area contributed by atoms with E-state index in [0.29, 0.717) is 12.3 Å². The molecule has 1 saturated carbocycles. The number of hydrogen-bond acceptors (Lipinski definition) is 2. The van der Waals surface area contributed by atoms with Gasteiger partial charge in [0.1, 0.15) is 5.60 Å². The molecule has 0 N–H and O–H groups in total. The molecular weight excluding hydrogens is 212 g/mol. The zero-order valence-corrected chi connectivity index (χ0v) is 12.1. The highest BCUT2D eigenvalue weighted by Crippen LogP contribution is 2.38. The topological polar surface area (TPSA) is 26.3 Å². The first-order valence-electron chi connectivity index (χ1n) is 7.04. The number of hydrogen-bond donors (Lipinski definition) is 0. The summed E-state index contributed by atoms with van der Waals surface area (Å²) in [6, 6.07) is 0. The van der Waals surface area contributed by atoms with Crippen molar-refractivity contribution in [1.29, 1.82) is 0 Å². The number of esters is 1. The van der Waals surface area contributed by atoms with Crippen LogP contribution in [-0.4, -0.2) is 11.6 Å². The fourth-order valence-electron chi connectivity index (χ4n) is 2.67. The van der Waals surface area contributed by atoms with Gasteiger partial charge in [0.2, 0.25) is 0 Å². The molecule has 0 unspecified atom stereocenters. The first-order valence-corrected chi connectivity index (χ1v) is 7.04. The second-order valence-electron chi connectivity index (χ2n) is 6.60. The molecule has 1 rings (SSSR count). The van der Waals surface area contributed by atoms with Crippen LogP contribution < -0.4 is 0 Å². The van der Waals surface area contributed by atoms with Crippen molar-refractivity contribution in [2.75, 3.05) is 0 Å². The van der Waals surface area contributed by atoms with Crippen LogP contribution in [0, 0.1) is 17.8 Å². The number of ether oxygens (including phenoxy) is 1. The van der Waals surface area contributed by atoms with Gasteiger partial charge >= 0.3 is 5.97 Å². The van der Waals surface area contributed by atoms with Crippen molar-refractivity contribution >= 4 is 5.97 Å². The Bertz CT molecular complexity index is 248. The molecule has 0 aromatic heterocycles. The molecule has 2 nitrogen and oxygen atoms in total. The molecule has 0 aromatic rings. The molecule has 100 valence electrons. The van der Waals surface area contributed by atoms with E-state index in [1.54, 1.807) is 0 Å². The third kappa shape index (κ3) is 4.69. The number of carbonyl (C=O) groups is 1. The normalized spacial score (nSPS) is 29.7. The molecule has 1 aliphatic carbocycles. The predicted molar refractivity (Wildman–Crippen MR) is 70.7 cm³/mol. The molecule has 0 radical (unpaired) electrons. The summed E-state index contributed by atoms with van der Waals surface area (Å²) in [6.45, 7) is 10.8. The molecule has 0 aliphatic heterocycles. The lowest BCUT2D eigenvalue weighted by Gasteiger charge is -2.38. The fraction of sp³-hybridized carbons (Fsp3) is 0.933. The van der Waals surface area contributed by atoms with Gasteiger partial charge in [0.25, 0.3) is 0 Å². The molecule has 17 heavy (non-hydrogen) atoms. The Balaban J connectivity index is 2.41. The van der Waals surface area contributed by atoms with Crippen LogP contribution in [0.25, 0.3) is 0 Å². The SMILES string of the molecule is CC(C)CC(=O)OC1(C)CCC(C(C)C)CC1. The van der Waals surface area contributed by atoms with Crippen LogP contribution in [0.5, 0.6) is 0 Å². The quantitative estimate of drug-likeness (QED) is 0.689. The highest BCUT2D eigenvalue weighted by Gasteiger charge is 2.35. The average Bonchev–Trinajstić information content (AvgIpc) is 2.15. The molecule has 1 aliphatic rings. The molecule has 0 heterocycles. The lowest BCUT2D eigenvalue weighted by atomic mass is 9.75. The van der Waals surface area contributed by atoms with E-state index in [1.807, 2.05) is 0 Å². The average molecular weight is 240 g/mol. The first-order chi connectivity index (χ1) is 7.82. The summed E-state index contributed by atoms with van der Waals surface area (Å²) in [5.74, 6) is 1.93. The van der Waals surface area contributed by atoms with E-state index < -0.39 is 0 Å². The summed E-state index contributed by atoms with van der Waals surface area (Å²) >= 11 is 0. The van der Waals surface area contributed by atoms with E-state index in [2.05, 4.69) is 34.6 Å². The maximum Gasteiger partial charge on any atom is 0.306 e. The lowest BCUT2D eigenvalue weighted by Crippen LogP contribution is -2.37. The van der Waals surface area contributed by atoms with E-state index >= 15 is 0 Å². The van der Waals surface area contributed by atoms with Gasteiger partial charge < -0.3 is 4.74 Å². The molecule has 0 saturated heterocycles. The van der Waals surface area contributed by atoms with E-state index in [9.17, 15) is 4.79 Å². The molecule has 0 atom stereocenters. The highest BCUT2D eigenvalue weighted by atomic mass is 16.6. The Morgan fingerprint density at radius 2 is 1.76 bits per heavy atom. The predicted octanol–water partition coefficient (Wildman–Crippen LogP) is 4.18. The standard InChI is InChI=1S/C15H28O2/c1-11(2)10-14(16)17-15(5)8-6-13(7-9-15)12(3)4/h11-13H,6-10H2,1-5H3. The molecule has 1 fully saturated rings. The Morgan fingerprint density at radius 3 is 2.18 bits per heavy atom. The van der Waals surface area contributed by atoms with Crippen LogP contribution in [0.1, 0.15) is 66.7 Å². The van der Waals surface area contributed by atoms with E-state index in [0.717, 1.165) is 24.7 Å². The summed E-state index contributed by atoms with van der Waals surface area (Å²) in [6.07, 6.45) is 4.99. The summed E-state index contributed by atoms with van der Waals surface area (Å²) < 4.78 is 5.68. The van der Waals surface area contributed by atoms with Crippen LogP contribution >= 0.6 is 0 Å². The van der Waals surface area contributed by atoms with Crippen molar-refractivity contribution in [2.45, 2.75) is 72.3 Å². The Hall–Kier alpha value is -0.530. The zero-order chi connectivity index (χ0) is 13.1. The molecule has 0 bridgehead atoms. The molecular formula is C15H28O2. The van der Waals surface area contributed by atoms with Gasteiger partial charge in [-0.3, -0.25) is 4.79 Å². The smallest absolute Gasteiger partial charge is 0.306 e. The van der Waals surface area contributed by atoms with Gasteiger partial charge in [0.15, 0.2) is 0 Å². The van der Waals surface area contributed by atoms with Crippen LogP contribution in [-0.2, 0) is 9.53 Å². The van der Waals surface area contributed by atoms with Crippen LogP contribution in [0.4, 0.5) is 0 Å². The number of carbonyl (C=O) groups excluding carboxylic acids is 1. The summed E-state index contributed by atoms with van der Waals surface area (Å²) in [5.41, 5.74) is -0.197. The third-order valence-corrected chi connectivity index (χ3v) is 3.97. The monoisotopic (exact) mass is 240 g/mol. The Kier molecular flexibility index (Phi) is 5.03. The van der Waals surface area contributed by atoms with E-state index in [4.69, 9.17) is 4.74 Å². The van der Waals surface area contributed by atoms with Crippen molar-refractivity contribution in [2.24, 2.45) is 17.8 Å². The first kappa shape index (κ1) is 14.5. The van der Waals surface area contributed by atoms with Gasteiger partial charge in [-0.05, 0) is 50.4 Å². The van der Waals surface area contributed by atoms with Crippen molar-refractivity contribution in [3.63, 3.8) is 0 Å². The van der Waals surface area contributed by atoms with Crippen molar-refractivity contribution in [3.05, 3.63) is 0 Å². The summed E-state index contributed by atoms with van der Waals surface area (Å²) in [5, 5.41) is 0. The fourth-order valence-corrected chi connectivity index (χ4v) is 2.67. The van der Waals surface area contributed by atoms with E-state index in [-0.39, 0.29) is 11.6 Å². The van der Waals surface area contributed by atoms with Gasteiger partial charge in [0, 0.05) is 6.42 Å². The molecule has 0 aromatic carbocycles. The largest absolute Gasteiger partial charge is 0.459 e. The minimum atomic E-state index is -0.197. The zero-order valence-electron chi connectivity index (χ0n) is 12.1. The maximum absolute atomic E-state index is 11.7. The van der Waals surface area contributed by atoms with Gasteiger partial charge in [0.05, 0.1) is 0 Å². The molecule has 0 spiro atoms. The van der Waals surface area contributed by atoms with Gasteiger partial charge in [-0.25, -0.2) is 0 Å². The van der Waals surface area contributed by atoms with Crippen molar-refractivity contribution in [1.82, 2.24) is 0 Å². The highest BCUT2D eigenvalue weighted by molar-refractivity contribution is 5.70. The van der Waals surface area contributed by atoms with Crippen molar-refractivity contribution < 1.29 is 9.53 Å². The minimum Gasteiger partial charge on any atom is -0.459 e.